The standard InChI is InChI=1S/C15H26N2OS/c1-12(2)17-9-8-13(16-17)10-14(18)11-19-15-6-4-3-5-7-15/h8-9,12,14-15,18H,3-7,10-11H2,1-2H3. The maximum atomic E-state index is 10.1. The minimum Gasteiger partial charge on any atom is -0.392 e. The second kappa shape index (κ2) is 7.34. The lowest BCUT2D eigenvalue weighted by molar-refractivity contribution is 0.198. The fourth-order valence-electron chi connectivity index (χ4n) is 2.55. The van der Waals surface area contributed by atoms with Gasteiger partial charge in [-0.25, -0.2) is 0 Å². The van der Waals surface area contributed by atoms with E-state index in [1.54, 1.807) is 0 Å². The highest BCUT2D eigenvalue weighted by atomic mass is 32.2. The molecule has 108 valence electrons. The van der Waals surface area contributed by atoms with Gasteiger partial charge in [0.15, 0.2) is 0 Å². The molecule has 0 spiro atoms. The van der Waals surface area contributed by atoms with E-state index in [2.05, 4.69) is 18.9 Å². The Morgan fingerprint density at radius 3 is 2.74 bits per heavy atom. The van der Waals surface area contributed by atoms with Crippen LogP contribution >= 0.6 is 11.8 Å². The van der Waals surface area contributed by atoms with Crippen molar-refractivity contribution in [2.24, 2.45) is 0 Å². The third-order valence-corrected chi connectivity index (χ3v) is 5.23. The molecule has 0 radical (unpaired) electrons. The molecule has 1 aromatic heterocycles. The Hall–Kier alpha value is -0.480. The van der Waals surface area contributed by atoms with Crippen molar-refractivity contribution < 1.29 is 5.11 Å². The number of aliphatic hydroxyl groups is 1. The maximum absolute atomic E-state index is 10.1. The van der Waals surface area contributed by atoms with E-state index in [4.69, 9.17) is 0 Å². The van der Waals surface area contributed by atoms with Gasteiger partial charge in [-0.1, -0.05) is 19.3 Å². The molecule has 1 heterocycles. The molecule has 4 heteroatoms. The van der Waals surface area contributed by atoms with Crippen LogP contribution in [-0.2, 0) is 6.42 Å². The van der Waals surface area contributed by atoms with Crippen molar-refractivity contribution >= 4 is 11.8 Å². The highest BCUT2D eigenvalue weighted by Crippen LogP contribution is 2.28. The summed E-state index contributed by atoms with van der Waals surface area (Å²) in [5, 5.41) is 15.4. The highest BCUT2D eigenvalue weighted by Gasteiger charge is 2.16. The Bertz CT molecular complexity index is 372. The quantitative estimate of drug-likeness (QED) is 0.868. The molecule has 0 aliphatic heterocycles. The summed E-state index contributed by atoms with van der Waals surface area (Å²) in [5.74, 6) is 0.846. The first-order valence-corrected chi connectivity index (χ1v) is 8.53. The summed E-state index contributed by atoms with van der Waals surface area (Å²) < 4.78 is 1.95. The van der Waals surface area contributed by atoms with E-state index in [1.165, 1.54) is 32.1 Å². The SMILES string of the molecule is CC(C)n1ccc(CC(O)CSC2CCCCC2)n1. The Labute approximate surface area is 120 Å². The molecule has 0 bridgehead atoms. The molecule has 1 fully saturated rings. The molecule has 0 aromatic carbocycles. The Morgan fingerprint density at radius 1 is 1.37 bits per heavy atom. The van der Waals surface area contributed by atoms with E-state index in [9.17, 15) is 5.11 Å². The number of rotatable bonds is 6. The predicted octanol–water partition coefficient (Wildman–Crippen LogP) is 3.43. The molecular formula is C15H26N2OS. The lowest BCUT2D eigenvalue weighted by atomic mass is 10.0. The first-order valence-electron chi connectivity index (χ1n) is 7.49. The van der Waals surface area contributed by atoms with Crippen molar-refractivity contribution in [2.45, 2.75) is 69.8 Å². The van der Waals surface area contributed by atoms with Gasteiger partial charge in [-0.3, -0.25) is 4.68 Å². The van der Waals surface area contributed by atoms with E-state index < -0.39 is 0 Å². The van der Waals surface area contributed by atoms with Gasteiger partial charge in [0, 0.05) is 29.7 Å². The Kier molecular flexibility index (Phi) is 5.76. The van der Waals surface area contributed by atoms with E-state index in [1.807, 2.05) is 28.7 Å². The van der Waals surface area contributed by atoms with Gasteiger partial charge >= 0.3 is 0 Å². The van der Waals surface area contributed by atoms with Crippen LogP contribution in [0.3, 0.4) is 0 Å². The number of aromatic nitrogens is 2. The fourth-order valence-corrected chi connectivity index (χ4v) is 3.83. The predicted molar refractivity (Wildman–Crippen MR) is 81.7 cm³/mol. The molecule has 1 aromatic rings. The normalized spacial score (nSPS) is 18.9. The molecule has 0 saturated heterocycles. The number of aliphatic hydroxyl groups excluding tert-OH is 1. The van der Waals surface area contributed by atoms with Crippen LogP contribution < -0.4 is 0 Å². The van der Waals surface area contributed by atoms with Crippen LogP contribution in [0.15, 0.2) is 12.3 Å². The third kappa shape index (κ3) is 4.84. The van der Waals surface area contributed by atoms with E-state index in [0.717, 1.165) is 16.7 Å². The van der Waals surface area contributed by atoms with Crippen molar-refractivity contribution in [1.82, 2.24) is 9.78 Å². The molecule has 0 amide bonds. The summed E-state index contributed by atoms with van der Waals surface area (Å²) in [4.78, 5) is 0. The molecule has 2 rings (SSSR count). The third-order valence-electron chi connectivity index (χ3n) is 3.71. The molecule has 1 aliphatic rings. The van der Waals surface area contributed by atoms with Crippen molar-refractivity contribution in [3.8, 4) is 0 Å². The van der Waals surface area contributed by atoms with E-state index in [-0.39, 0.29) is 6.10 Å². The van der Waals surface area contributed by atoms with Gasteiger partial charge in [0.05, 0.1) is 11.8 Å². The summed E-state index contributed by atoms with van der Waals surface area (Å²) >= 11 is 1.95. The van der Waals surface area contributed by atoms with Crippen LogP contribution in [-0.4, -0.2) is 32.0 Å². The molecule has 19 heavy (non-hydrogen) atoms. The number of hydrogen-bond acceptors (Lipinski definition) is 3. The molecule has 1 saturated carbocycles. The minimum atomic E-state index is -0.262. The van der Waals surface area contributed by atoms with Gasteiger partial charge in [0.25, 0.3) is 0 Å². The Balaban J connectivity index is 1.72. The van der Waals surface area contributed by atoms with Gasteiger partial charge < -0.3 is 5.11 Å². The summed E-state index contributed by atoms with van der Waals surface area (Å²) in [7, 11) is 0. The summed E-state index contributed by atoms with van der Waals surface area (Å²) in [5.41, 5.74) is 1.01. The molecule has 1 aliphatic carbocycles. The summed E-state index contributed by atoms with van der Waals surface area (Å²) in [6.07, 6.45) is 9.22. The van der Waals surface area contributed by atoms with Crippen LogP contribution in [0.5, 0.6) is 0 Å². The average Bonchev–Trinajstić information content (AvgIpc) is 2.86. The lowest BCUT2D eigenvalue weighted by Crippen LogP contribution is -2.18. The van der Waals surface area contributed by atoms with Crippen molar-refractivity contribution in [3.05, 3.63) is 18.0 Å². The van der Waals surface area contributed by atoms with Gasteiger partial charge in [-0.15, -0.1) is 0 Å². The minimum absolute atomic E-state index is 0.262. The van der Waals surface area contributed by atoms with Crippen molar-refractivity contribution in [3.63, 3.8) is 0 Å². The zero-order valence-corrected chi connectivity index (χ0v) is 12.9. The van der Waals surface area contributed by atoms with Crippen molar-refractivity contribution in [2.75, 3.05) is 5.75 Å². The Morgan fingerprint density at radius 2 is 2.11 bits per heavy atom. The van der Waals surface area contributed by atoms with Crippen LogP contribution in [0.1, 0.15) is 57.7 Å². The van der Waals surface area contributed by atoms with E-state index >= 15 is 0 Å². The van der Waals surface area contributed by atoms with Gasteiger partial charge in [0.1, 0.15) is 0 Å². The van der Waals surface area contributed by atoms with Crippen LogP contribution in [0.2, 0.25) is 0 Å². The fraction of sp³-hybridized carbons (Fsp3) is 0.800. The number of nitrogens with zero attached hydrogens (tertiary/aromatic N) is 2. The smallest absolute Gasteiger partial charge is 0.0686 e. The zero-order chi connectivity index (χ0) is 13.7. The zero-order valence-electron chi connectivity index (χ0n) is 12.1. The topological polar surface area (TPSA) is 38.0 Å². The lowest BCUT2D eigenvalue weighted by Gasteiger charge is -2.22. The van der Waals surface area contributed by atoms with Crippen LogP contribution in [0.4, 0.5) is 0 Å². The summed E-state index contributed by atoms with van der Waals surface area (Å²) in [6.45, 7) is 4.23. The van der Waals surface area contributed by atoms with E-state index in [0.29, 0.717) is 12.5 Å². The molecule has 1 atom stereocenters. The molecule has 1 N–H and O–H groups in total. The first-order chi connectivity index (χ1) is 9.15. The summed E-state index contributed by atoms with van der Waals surface area (Å²) in [6, 6.07) is 2.41. The van der Waals surface area contributed by atoms with Crippen LogP contribution in [0.25, 0.3) is 0 Å². The second-order valence-corrected chi connectivity index (χ2v) is 7.17. The monoisotopic (exact) mass is 282 g/mol. The van der Waals surface area contributed by atoms with Crippen LogP contribution in [0, 0.1) is 0 Å². The molecule has 1 unspecified atom stereocenters. The first kappa shape index (κ1) is 14.9. The second-order valence-electron chi connectivity index (χ2n) is 5.83. The highest BCUT2D eigenvalue weighted by molar-refractivity contribution is 7.99. The van der Waals surface area contributed by atoms with Gasteiger partial charge in [-0.2, -0.15) is 16.9 Å². The largest absolute Gasteiger partial charge is 0.392 e. The average molecular weight is 282 g/mol. The number of hydrogen-bond donors (Lipinski definition) is 1. The molecular weight excluding hydrogens is 256 g/mol. The van der Waals surface area contributed by atoms with Gasteiger partial charge in [0.2, 0.25) is 0 Å². The van der Waals surface area contributed by atoms with Crippen molar-refractivity contribution in [1.29, 1.82) is 0 Å². The maximum Gasteiger partial charge on any atom is 0.0686 e. The van der Waals surface area contributed by atoms with Gasteiger partial charge in [-0.05, 0) is 32.8 Å². The number of thioether (sulfide) groups is 1. The molecule has 3 nitrogen and oxygen atoms in total.